The van der Waals surface area contributed by atoms with Crippen molar-refractivity contribution < 1.29 is 14.6 Å². The van der Waals surface area contributed by atoms with Crippen LogP contribution in [0.25, 0.3) is 10.9 Å². The van der Waals surface area contributed by atoms with Crippen LogP contribution in [-0.2, 0) is 16.0 Å². The highest BCUT2D eigenvalue weighted by molar-refractivity contribution is 5.86. The van der Waals surface area contributed by atoms with Crippen LogP contribution in [0.2, 0.25) is 0 Å². The number of aromatic amines is 1. The van der Waals surface area contributed by atoms with Crippen LogP contribution in [0, 0.1) is 12.8 Å². The lowest BCUT2D eigenvalue weighted by Crippen LogP contribution is -2.53. The van der Waals surface area contributed by atoms with Crippen molar-refractivity contribution in [1.29, 1.82) is 0 Å². The number of aryl methyl sites for hydroxylation is 2. The monoisotopic (exact) mass is 356 g/mol. The molecule has 2 aromatic rings. The fourth-order valence-corrected chi connectivity index (χ4v) is 4.66. The molecule has 1 aliphatic heterocycles. The predicted octanol–water partition coefficient (Wildman–Crippen LogP) is 2.80. The molecule has 2 fully saturated rings. The molecule has 0 radical (unpaired) electrons. The first-order chi connectivity index (χ1) is 12.6. The van der Waals surface area contributed by atoms with E-state index in [0.717, 1.165) is 31.2 Å². The third-order valence-corrected chi connectivity index (χ3v) is 6.13. The maximum absolute atomic E-state index is 12.9. The number of benzene rings is 1. The van der Waals surface area contributed by atoms with Gasteiger partial charge >= 0.3 is 0 Å². The Bertz CT molecular complexity index is 785. The lowest BCUT2D eigenvalue weighted by molar-refractivity contribution is -0.143. The second-order valence-corrected chi connectivity index (χ2v) is 7.70. The summed E-state index contributed by atoms with van der Waals surface area (Å²) in [6.07, 6.45) is 5.84. The average Bonchev–Trinajstić information content (AvgIpc) is 3.26. The molecule has 0 unspecified atom stereocenters. The summed E-state index contributed by atoms with van der Waals surface area (Å²) in [5.74, 6) is 0.342. The molecule has 1 saturated carbocycles. The minimum absolute atomic E-state index is 0.0268. The molecule has 26 heavy (non-hydrogen) atoms. The average molecular weight is 356 g/mol. The Hall–Kier alpha value is -1.85. The van der Waals surface area contributed by atoms with E-state index in [1.54, 1.807) is 0 Å². The summed E-state index contributed by atoms with van der Waals surface area (Å²) < 4.78 is 5.63. The van der Waals surface area contributed by atoms with Gasteiger partial charge in [0.2, 0.25) is 5.91 Å². The van der Waals surface area contributed by atoms with Gasteiger partial charge in [0.25, 0.3) is 0 Å². The standard InChI is InChI=1S/C21H28N2O3/c1-14-4-2-5-16-15(12-22-21(14)16)8-9-20(25)23-10-11-26-13-18(23)17-6-3-7-19(17)24/h2,4-5,12,17-19,22,24H,3,6-11,13H2,1H3/t17-,18-,19-/m1/s1. The fraction of sp³-hybridized carbons (Fsp3) is 0.571. The number of nitrogens with one attached hydrogen (secondary N) is 1. The smallest absolute Gasteiger partial charge is 0.223 e. The molecule has 2 aliphatic rings. The van der Waals surface area contributed by atoms with Gasteiger partial charge in [-0.1, -0.05) is 24.6 Å². The normalized spacial score (nSPS) is 26.5. The Morgan fingerprint density at radius 2 is 2.27 bits per heavy atom. The summed E-state index contributed by atoms with van der Waals surface area (Å²) in [4.78, 5) is 18.3. The van der Waals surface area contributed by atoms with Crippen LogP contribution in [0.5, 0.6) is 0 Å². The molecule has 140 valence electrons. The number of para-hydroxylation sites is 1. The summed E-state index contributed by atoms with van der Waals surface area (Å²) in [5.41, 5.74) is 3.58. The molecule has 0 spiro atoms. The number of aliphatic hydroxyl groups excluding tert-OH is 1. The highest BCUT2D eigenvalue weighted by atomic mass is 16.5. The molecule has 5 heteroatoms. The zero-order valence-corrected chi connectivity index (χ0v) is 15.4. The van der Waals surface area contributed by atoms with Crippen LogP contribution in [0.4, 0.5) is 0 Å². The van der Waals surface area contributed by atoms with Gasteiger partial charge in [0.15, 0.2) is 0 Å². The molecule has 4 rings (SSSR count). The van der Waals surface area contributed by atoms with E-state index in [4.69, 9.17) is 4.74 Å². The maximum Gasteiger partial charge on any atom is 0.223 e. The van der Waals surface area contributed by atoms with Crippen molar-refractivity contribution in [3.8, 4) is 0 Å². The van der Waals surface area contributed by atoms with E-state index >= 15 is 0 Å². The van der Waals surface area contributed by atoms with Crippen LogP contribution in [-0.4, -0.2) is 52.8 Å². The zero-order valence-electron chi connectivity index (χ0n) is 15.4. The summed E-state index contributed by atoms with van der Waals surface area (Å²) in [7, 11) is 0. The van der Waals surface area contributed by atoms with Crippen molar-refractivity contribution in [3.05, 3.63) is 35.5 Å². The number of aromatic nitrogens is 1. The molecule has 1 aromatic heterocycles. The number of ether oxygens (including phenoxy) is 1. The molecule has 1 aliphatic carbocycles. The van der Waals surface area contributed by atoms with Gasteiger partial charge in [0.1, 0.15) is 0 Å². The van der Waals surface area contributed by atoms with E-state index in [9.17, 15) is 9.90 Å². The highest BCUT2D eigenvalue weighted by Crippen LogP contribution is 2.32. The van der Waals surface area contributed by atoms with Crippen LogP contribution in [0.3, 0.4) is 0 Å². The first kappa shape index (κ1) is 17.6. The molecule has 3 atom stereocenters. The van der Waals surface area contributed by atoms with E-state index in [-0.39, 0.29) is 24.0 Å². The quantitative estimate of drug-likeness (QED) is 0.885. The lowest BCUT2D eigenvalue weighted by Gasteiger charge is -2.40. The Kier molecular flexibility index (Phi) is 5.00. The van der Waals surface area contributed by atoms with Gasteiger partial charge in [-0.15, -0.1) is 0 Å². The van der Waals surface area contributed by atoms with E-state index in [1.165, 1.54) is 16.5 Å². The molecule has 1 aromatic carbocycles. The summed E-state index contributed by atoms with van der Waals surface area (Å²) in [6, 6.07) is 6.30. The third-order valence-electron chi connectivity index (χ3n) is 6.13. The van der Waals surface area contributed by atoms with Gasteiger partial charge in [-0.25, -0.2) is 0 Å². The first-order valence-corrected chi connectivity index (χ1v) is 9.76. The number of carbonyl (C=O) groups is 1. The highest BCUT2D eigenvalue weighted by Gasteiger charge is 2.39. The largest absolute Gasteiger partial charge is 0.393 e. The van der Waals surface area contributed by atoms with E-state index < -0.39 is 0 Å². The molecule has 2 heterocycles. The molecular formula is C21H28N2O3. The Morgan fingerprint density at radius 3 is 3.08 bits per heavy atom. The number of morpholine rings is 1. The second-order valence-electron chi connectivity index (χ2n) is 7.70. The van der Waals surface area contributed by atoms with Gasteiger partial charge in [0, 0.05) is 36.0 Å². The van der Waals surface area contributed by atoms with Gasteiger partial charge < -0.3 is 19.7 Å². The minimum Gasteiger partial charge on any atom is -0.393 e. The van der Waals surface area contributed by atoms with Gasteiger partial charge in [-0.2, -0.15) is 0 Å². The minimum atomic E-state index is -0.298. The predicted molar refractivity (Wildman–Crippen MR) is 101 cm³/mol. The van der Waals surface area contributed by atoms with Crippen LogP contribution in [0.15, 0.2) is 24.4 Å². The number of fused-ring (bicyclic) bond motifs is 1. The number of amides is 1. The van der Waals surface area contributed by atoms with Crippen molar-refractivity contribution in [1.82, 2.24) is 9.88 Å². The molecule has 5 nitrogen and oxygen atoms in total. The summed E-state index contributed by atoms with van der Waals surface area (Å²) >= 11 is 0. The van der Waals surface area contributed by atoms with E-state index in [0.29, 0.717) is 26.2 Å². The Labute approximate surface area is 154 Å². The SMILES string of the molecule is Cc1cccc2c(CCC(=O)N3CCOC[C@@H]3[C@H]3CCC[C@H]3O)c[nH]c12. The molecule has 1 amide bonds. The van der Waals surface area contributed by atoms with Crippen molar-refractivity contribution in [2.24, 2.45) is 5.92 Å². The van der Waals surface area contributed by atoms with Gasteiger partial charge in [-0.3, -0.25) is 4.79 Å². The maximum atomic E-state index is 12.9. The number of hydrogen-bond acceptors (Lipinski definition) is 3. The number of hydrogen-bond donors (Lipinski definition) is 2. The number of aliphatic hydroxyl groups is 1. The van der Waals surface area contributed by atoms with Gasteiger partial charge in [0.05, 0.1) is 25.4 Å². The number of rotatable bonds is 4. The molecule has 2 N–H and O–H groups in total. The van der Waals surface area contributed by atoms with Crippen molar-refractivity contribution in [3.63, 3.8) is 0 Å². The summed E-state index contributed by atoms with van der Waals surface area (Å²) in [6.45, 7) is 3.88. The van der Waals surface area contributed by atoms with Crippen LogP contribution in [0.1, 0.15) is 36.8 Å². The zero-order chi connectivity index (χ0) is 18.1. The van der Waals surface area contributed by atoms with Crippen LogP contribution < -0.4 is 0 Å². The molecular weight excluding hydrogens is 328 g/mol. The first-order valence-electron chi connectivity index (χ1n) is 9.76. The van der Waals surface area contributed by atoms with Crippen LogP contribution >= 0.6 is 0 Å². The Balaban J connectivity index is 1.45. The second kappa shape index (κ2) is 7.41. The molecule has 0 bridgehead atoms. The number of H-pyrrole nitrogens is 1. The van der Waals surface area contributed by atoms with Crippen molar-refractivity contribution in [2.45, 2.75) is 51.2 Å². The van der Waals surface area contributed by atoms with Crippen molar-refractivity contribution in [2.75, 3.05) is 19.8 Å². The number of nitrogens with zero attached hydrogens (tertiary/aromatic N) is 1. The topological polar surface area (TPSA) is 65.6 Å². The van der Waals surface area contributed by atoms with Crippen molar-refractivity contribution >= 4 is 16.8 Å². The van der Waals surface area contributed by atoms with E-state index in [2.05, 4.69) is 30.1 Å². The Morgan fingerprint density at radius 1 is 1.38 bits per heavy atom. The molecule has 1 saturated heterocycles. The van der Waals surface area contributed by atoms with E-state index in [1.807, 2.05) is 11.1 Å². The third kappa shape index (κ3) is 3.26. The number of carbonyl (C=O) groups excluding carboxylic acids is 1. The summed E-state index contributed by atoms with van der Waals surface area (Å²) in [5, 5.41) is 11.5. The lowest BCUT2D eigenvalue weighted by atomic mass is 9.93. The van der Waals surface area contributed by atoms with Gasteiger partial charge in [-0.05, 0) is 37.3 Å². The fourth-order valence-electron chi connectivity index (χ4n) is 4.66.